The third-order valence-corrected chi connectivity index (χ3v) is 5.02. The second-order valence-electron chi connectivity index (χ2n) is 7.24. The lowest BCUT2D eigenvalue weighted by atomic mass is 9.82. The van der Waals surface area contributed by atoms with Crippen molar-refractivity contribution in [2.75, 3.05) is 5.32 Å². The van der Waals surface area contributed by atoms with E-state index in [4.69, 9.17) is 0 Å². The van der Waals surface area contributed by atoms with Crippen molar-refractivity contribution in [3.05, 3.63) is 29.8 Å². The van der Waals surface area contributed by atoms with E-state index in [0.717, 1.165) is 36.9 Å². The highest BCUT2D eigenvalue weighted by Crippen LogP contribution is 2.30. The Balaban J connectivity index is 1.85. The van der Waals surface area contributed by atoms with E-state index in [1.165, 1.54) is 0 Å². The summed E-state index contributed by atoms with van der Waals surface area (Å²) in [6.07, 6.45) is 5.49. The first-order valence-corrected chi connectivity index (χ1v) is 9.31. The van der Waals surface area contributed by atoms with Crippen LogP contribution in [0.15, 0.2) is 24.3 Å². The maximum Gasteiger partial charge on any atom is 0.227 e. The molecule has 5 heteroatoms. The summed E-state index contributed by atoms with van der Waals surface area (Å²) in [6, 6.07) is 7.49. The fourth-order valence-electron chi connectivity index (χ4n) is 3.16. The van der Waals surface area contributed by atoms with Gasteiger partial charge in [-0.3, -0.25) is 9.59 Å². The van der Waals surface area contributed by atoms with Crippen LogP contribution in [-0.4, -0.2) is 22.5 Å². The Morgan fingerprint density at radius 2 is 1.96 bits per heavy atom. The Labute approximate surface area is 150 Å². The molecule has 1 unspecified atom stereocenters. The number of anilines is 1. The Bertz CT molecular complexity index is 594. The molecular weight excluding hydrogens is 316 g/mol. The third-order valence-electron chi connectivity index (χ3n) is 5.02. The minimum atomic E-state index is -0.839. The fourth-order valence-corrected chi connectivity index (χ4v) is 3.16. The molecule has 1 aromatic carbocycles. The zero-order chi connectivity index (χ0) is 18.3. The first-order chi connectivity index (χ1) is 11.9. The summed E-state index contributed by atoms with van der Waals surface area (Å²) in [4.78, 5) is 24.1. The van der Waals surface area contributed by atoms with Crippen molar-refractivity contribution in [2.45, 2.75) is 70.9 Å². The summed E-state index contributed by atoms with van der Waals surface area (Å²) in [7, 11) is 0. The summed E-state index contributed by atoms with van der Waals surface area (Å²) in [5.41, 5.74) is 0.822. The van der Waals surface area contributed by atoms with E-state index in [2.05, 4.69) is 10.6 Å². The molecule has 2 amide bonds. The van der Waals surface area contributed by atoms with Crippen LogP contribution >= 0.6 is 0 Å². The Kier molecular flexibility index (Phi) is 7.00. The molecule has 3 N–H and O–H groups in total. The molecule has 0 radical (unpaired) electrons. The van der Waals surface area contributed by atoms with Gasteiger partial charge >= 0.3 is 0 Å². The first kappa shape index (κ1) is 19.4. The number of benzene rings is 1. The molecule has 0 aromatic heterocycles. The maximum absolute atomic E-state index is 12.1. The van der Waals surface area contributed by atoms with Gasteiger partial charge in [0, 0.05) is 18.2 Å². The van der Waals surface area contributed by atoms with E-state index in [0.29, 0.717) is 19.4 Å². The van der Waals surface area contributed by atoms with Gasteiger partial charge in [0.2, 0.25) is 11.8 Å². The van der Waals surface area contributed by atoms with Gasteiger partial charge in [0.25, 0.3) is 0 Å². The zero-order valence-corrected chi connectivity index (χ0v) is 15.3. The summed E-state index contributed by atoms with van der Waals surface area (Å²) in [5, 5.41) is 16.2. The van der Waals surface area contributed by atoms with Gasteiger partial charge in [-0.15, -0.1) is 0 Å². The number of carbonyl (C=O) groups excluding carboxylic acids is 2. The minimum absolute atomic E-state index is 0.00297. The van der Waals surface area contributed by atoms with Crippen molar-refractivity contribution in [1.82, 2.24) is 5.32 Å². The summed E-state index contributed by atoms with van der Waals surface area (Å²) in [6.45, 7) is 4.27. The standard InChI is InChI=1S/C20H30N2O3/c1-3-15(2)19(24)22-17-9-7-8-16(12-17)14-21-18(23)13-20(25)10-5-4-6-11-20/h7-9,12,15,25H,3-6,10-11,13-14H2,1-2H3,(H,21,23)(H,22,24). The van der Waals surface area contributed by atoms with E-state index < -0.39 is 5.60 Å². The average molecular weight is 346 g/mol. The smallest absolute Gasteiger partial charge is 0.227 e. The number of rotatable bonds is 7. The molecule has 138 valence electrons. The van der Waals surface area contributed by atoms with Crippen LogP contribution in [0.3, 0.4) is 0 Å². The molecule has 0 spiro atoms. The van der Waals surface area contributed by atoms with Gasteiger partial charge in [-0.25, -0.2) is 0 Å². The number of aliphatic hydroxyl groups is 1. The van der Waals surface area contributed by atoms with Gasteiger partial charge in [0.05, 0.1) is 12.0 Å². The fraction of sp³-hybridized carbons (Fsp3) is 0.600. The lowest BCUT2D eigenvalue weighted by Gasteiger charge is -2.31. The minimum Gasteiger partial charge on any atom is -0.389 e. The Morgan fingerprint density at radius 3 is 2.64 bits per heavy atom. The molecule has 1 atom stereocenters. The van der Waals surface area contributed by atoms with Crippen molar-refractivity contribution in [3.8, 4) is 0 Å². The molecule has 1 saturated carbocycles. The maximum atomic E-state index is 12.1. The Hall–Kier alpha value is -1.88. The number of hydrogen-bond donors (Lipinski definition) is 3. The number of nitrogens with one attached hydrogen (secondary N) is 2. The molecule has 1 aliphatic carbocycles. The van der Waals surface area contributed by atoms with E-state index in [9.17, 15) is 14.7 Å². The van der Waals surface area contributed by atoms with Gasteiger partial charge < -0.3 is 15.7 Å². The molecule has 1 fully saturated rings. The van der Waals surface area contributed by atoms with Gasteiger partial charge in [-0.1, -0.05) is 45.2 Å². The largest absolute Gasteiger partial charge is 0.389 e. The van der Waals surface area contributed by atoms with Crippen molar-refractivity contribution < 1.29 is 14.7 Å². The van der Waals surface area contributed by atoms with Gasteiger partial charge in [0.1, 0.15) is 0 Å². The topological polar surface area (TPSA) is 78.4 Å². The lowest BCUT2D eigenvalue weighted by Crippen LogP contribution is -2.38. The van der Waals surface area contributed by atoms with Gasteiger partial charge in [0.15, 0.2) is 0 Å². The summed E-state index contributed by atoms with van der Waals surface area (Å²) < 4.78 is 0. The average Bonchev–Trinajstić information content (AvgIpc) is 2.59. The predicted octanol–water partition coefficient (Wildman–Crippen LogP) is 3.37. The molecule has 25 heavy (non-hydrogen) atoms. The monoisotopic (exact) mass is 346 g/mol. The van der Waals surface area contributed by atoms with Crippen molar-refractivity contribution in [3.63, 3.8) is 0 Å². The number of carbonyl (C=O) groups is 2. The molecule has 1 aromatic rings. The lowest BCUT2D eigenvalue weighted by molar-refractivity contribution is -0.127. The Morgan fingerprint density at radius 1 is 1.24 bits per heavy atom. The van der Waals surface area contributed by atoms with Crippen molar-refractivity contribution in [1.29, 1.82) is 0 Å². The molecule has 5 nitrogen and oxygen atoms in total. The van der Waals surface area contributed by atoms with E-state index in [1.807, 2.05) is 38.1 Å². The van der Waals surface area contributed by atoms with E-state index >= 15 is 0 Å². The van der Waals surface area contributed by atoms with Crippen LogP contribution in [0, 0.1) is 5.92 Å². The SMILES string of the molecule is CCC(C)C(=O)Nc1cccc(CNC(=O)CC2(O)CCCCC2)c1. The van der Waals surface area contributed by atoms with Crippen LogP contribution in [0.1, 0.15) is 64.4 Å². The first-order valence-electron chi connectivity index (χ1n) is 9.31. The molecule has 0 heterocycles. The molecule has 1 aliphatic rings. The second-order valence-corrected chi connectivity index (χ2v) is 7.24. The molecule has 0 aliphatic heterocycles. The highest BCUT2D eigenvalue weighted by Gasteiger charge is 2.31. The molecule has 0 saturated heterocycles. The molecular formula is C20H30N2O3. The quantitative estimate of drug-likeness (QED) is 0.708. The summed E-state index contributed by atoms with van der Waals surface area (Å²) in [5.74, 6) is -0.152. The normalized spacial score (nSPS) is 17.6. The molecule has 0 bridgehead atoms. The van der Waals surface area contributed by atoms with Crippen LogP contribution in [0.4, 0.5) is 5.69 Å². The number of amides is 2. The zero-order valence-electron chi connectivity index (χ0n) is 15.3. The summed E-state index contributed by atoms with van der Waals surface area (Å²) >= 11 is 0. The van der Waals surface area contributed by atoms with Crippen molar-refractivity contribution in [2.24, 2.45) is 5.92 Å². The van der Waals surface area contributed by atoms with E-state index in [-0.39, 0.29) is 24.2 Å². The van der Waals surface area contributed by atoms with E-state index in [1.54, 1.807) is 0 Å². The van der Waals surface area contributed by atoms with Crippen molar-refractivity contribution >= 4 is 17.5 Å². The highest BCUT2D eigenvalue weighted by atomic mass is 16.3. The van der Waals surface area contributed by atoms with Gasteiger partial charge in [-0.05, 0) is 37.0 Å². The molecule has 2 rings (SSSR count). The third kappa shape index (κ3) is 6.16. The predicted molar refractivity (Wildman–Crippen MR) is 99.0 cm³/mol. The van der Waals surface area contributed by atoms with Crippen LogP contribution in [0.5, 0.6) is 0 Å². The van der Waals surface area contributed by atoms with Crippen LogP contribution in [0.25, 0.3) is 0 Å². The van der Waals surface area contributed by atoms with Crippen LogP contribution < -0.4 is 10.6 Å². The van der Waals surface area contributed by atoms with Crippen LogP contribution in [0.2, 0.25) is 0 Å². The highest BCUT2D eigenvalue weighted by molar-refractivity contribution is 5.92. The van der Waals surface area contributed by atoms with Gasteiger partial charge in [-0.2, -0.15) is 0 Å². The number of hydrogen-bond acceptors (Lipinski definition) is 3. The van der Waals surface area contributed by atoms with Crippen LogP contribution in [-0.2, 0) is 16.1 Å². The second kappa shape index (κ2) is 8.99.